The molecule has 0 unspecified atom stereocenters. The number of hydrogen-bond donors (Lipinski definition) is 0. The second kappa shape index (κ2) is 5.84. The Morgan fingerprint density at radius 2 is 1.88 bits per heavy atom. The fourth-order valence-electron chi connectivity index (χ4n) is 1.44. The van der Waals surface area contributed by atoms with Crippen LogP contribution in [0.25, 0.3) is 6.08 Å². The molecule has 0 saturated carbocycles. The highest BCUT2D eigenvalue weighted by molar-refractivity contribution is 6.61. The molecule has 3 nitrogen and oxygen atoms in total. The van der Waals surface area contributed by atoms with Crippen molar-refractivity contribution in [2.24, 2.45) is 0 Å². The fraction of sp³-hybridized carbons (Fsp3) is 0.333. The van der Waals surface area contributed by atoms with Crippen LogP contribution in [0.2, 0.25) is 6.04 Å². The average Bonchev–Trinajstić information content (AvgIpc) is 2.36. The molecule has 0 amide bonds. The van der Waals surface area contributed by atoms with E-state index in [1.165, 1.54) is 0 Å². The highest BCUT2D eigenvalue weighted by atomic mass is 28.4. The molecule has 4 heteroatoms. The molecule has 0 N–H and O–H groups in total. The van der Waals surface area contributed by atoms with Gasteiger partial charge in [-0.15, -0.1) is 0 Å². The second-order valence-corrected chi connectivity index (χ2v) is 6.38. The van der Waals surface area contributed by atoms with Crippen molar-refractivity contribution in [3.05, 3.63) is 36.4 Å². The normalized spacial score (nSPS) is 11.2. The van der Waals surface area contributed by atoms with Crippen LogP contribution in [0.5, 0.6) is 5.75 Å². The summed E-state index contributed by atoms with van der Waals surface area (Å²) in [4.78, 5) is 0. The van der Waals surface area contributed by atoms with E-state index in [0.29, 0.717) is 0 Å². The van der Waals surface area contributed by atoms with Gasteiger partial charge in [-0.3, -0.25) is 0 Å². The van der Waals surface area contributed by atoms with E-state index in [1.54, 1.807) is 20.3 Å². The smallest absolute Gasteiger partial charge is 0.500 e. The molecule has 0 aliphatic rings. The van der Waals surface area contributed by atoms with Crippen LogP contribution in [0.4, 0.5) is 0 Å². The molecule has 0 radical (unpaired) electrons. The Morgan fingerprint density at radius 1 is 1.25 bits per heavy atom. The van der Waals surface area contributed by atoms with Gasteiger partial charge in [-0.05, 0) is 6.07 Å². The Kier molecular flexibility index (Phi) is 4.73. The maximum atomic E-state index is 5.89. The standard InChI is InChI=1S/C12H18O3Si/c1-5-11-9-7-8-10-12(11)15-16(6-2,13-3)14-4/h5,7-10H,1,6H2,2-4H3. The number of para-hydroxylation sites is 1. The van der Waals surface area contributed by atoms with Gasteiger partial charge in [-0.2, -0.15) is 0 Å². The van der Waals surface area contributed by atoms with E-state index in [0.717, 1.165) is 17.4 Å². The third-order valence-electron chi connectivity index (χ3n) is 2.46. The first-order valence-corrected chi connectivity index (χ1v) is 7.15. The molecule has 1 rings (SSSR count). The average molecular weight is 238 g/mol. The molecule has 1 aromatic carbocycles. The summed E-state index contributed by atoms with van der Waals surface area (Å²) in [6, 6.07) is 8.43. The Balaban J connectivity index is 2.97. The Hall–Kier alpha value is -1.10. The summed E-state index contributed by atoms with van der Waals surface area (Å²) >= 11 is 0. The van der Waals surface area contributed by atoms with Gasteiger partial charge in [0.25, 0.3) is 0 Å². The minimum absolute atomic E-state index is 0.728. The van der Waals surface area contributed by atoms with Crippen LogP contribution < -0.4 is 4.43 Å². The van der Waals surface area contributed by atoms with E-state index in [9.17, 15) is 0 Å². The highest BCUT2D eigenvalue weighted by Gasteiger charge is 2.39. The van der Waals surface area contributed by atoms with Gasteiger partial charge >= 0.3 is 8.80 Å². The van der Waals surface area contributed by atoms with Crippen molar-refractivity contribution in [1.82, 2.24) is 0 Å². The second-order valence-electron chi connectivity index (χ2n) is 3.29. The van der Waals surface area contributed by atoms with Crippen molar-refractivity contribution < 1.29 is 13.3 Å². The van der Waals surface area contributed by atoms with E-state index in [1.807, 2.05) is 31.2 Å². The Bertz CT molecular complexity index is 340. The summed E-state index contributed by atoms with van der Waals surface area (Å²) < 4.78 is 16.7. The van der Waals surface area contributed by atoms with E-state index >= 15 is 0 Å². The van der Waals surface area contributed by atoms with E-state index in [-0.39, 0.29) is 0 Å². The molecule has 0 fully saturated rings. The largest absolute Gasteiger partial charge is 0.565 e. The van der Waals surface area contributed by atoms with Crippen molar-refractivity contribution in [3.8, 4) is 5.75 Å². The molecular formula is C12H18O3Si. The lowest BCUT2D eigenvalue weighted by atomic mass is 10.2. The van der Waals surface area contributed by atoms with Gasteiger partial charge in [0.2, 0.25) is 0 Å². The van der Waals surface area contributed by atoms with Crippen molar-refractivity contribution in [2.45, 2.75) is 13.0 Å². The number of hydrogen-bond acceptors (Lipinski definition) is 3. The van der Waals surface area contributed by atoms with Crippen LogP contribution in [-0.4, -0.2) is 23.0 Å². The molecule has 0 spiro atoms. The van der Waals surface area contributed by atoms with Crippen LogP contribution in [0.1, 0.15) is 12.5 Å². The molecule has 0 heterocycles. The van der Waals surface area contributed by atoms with Gasteiger partial charge in [-0.1, -0.05) is 37.8 Å². The van der Waals surface area contributed by atoms with Gasteiger partial charge in [-0.25, -0.2) is 0 Å². The van der Waals surface area contributed by atoms with Crippen LogP contribution in [0.3, 0.4) is 0 Å². The first-order valence-electron chi connectivity index (χ1n) is 5.22. The maximum Gasteiger partial charge on any atom is 0.565 e. The van der Waals surface area contributed by atoms with Crippen molar-refractivity contribution >= 4 is 14.9 Å². The maximum absolute atomic E-state index is 5.89. The Morgan fingerprint density at radius 3 is 2.38 bits per heavy atom. The summed E-state index contributed by atoms with van der Waals surface area (Å²) in [5, 5.41) is 0. The quantitative estimate of drug-likeness (QED) is 0.713. The molecule has 0 aliphatic carbocycles. The SMILES string of the molecule is C=Cc1ccccc1O[Si](CC)(OC)OC. The number of rotatable bonds is 6. The zero-order valence-corrected chi connectivity index (χ0v) is 11.0. The minimum atomic E-state index is -2.55. The first kappa shape index (κ1) is 13.0. The molecule has 0 bridgehead atoms. The summed E-state index contributed by atoms with van der Waals surface area (Å²) in [7, 11) is 0.688. The molecule has 16 heavy (non-hydrogen) atoms. The van der Waals surface area contributed by atoms with Crippen LogP contribution in [-0.2, 0) is 8.85 Å². The minimum Gasteiger partial charge on any atom is -0.500 e. The molecule has 88 valence electrons. The van der Waals surface area contributed by atoms with E-state index in [2.05, 4.69) is 6.58 Å². The van der Waals surface area contributed by atoms with Crippen LogP contribution in [0, 0.1) is 0 Å². The summed E-state index contributed by atoms with van der Waals surface area (Å²) in [5.74, 6) is 0.759. The predicted molar refractivity (Wildman–Crippen MR) is 67.4 cm³/mol. The summed E-state index contributed by atoms with van der Waals surface area (Å²) in [6.45, 7) is 5.75. The zero-order chi connectivity index (χ0) is 12.0. The first-order chi connectivity index (χ1) is 7.71. The van der Waals surface area contributed by atoms with Gasteiger partial charge in [0.05, 0.1) is 0 Å². The lowest BCUT2D eigenvalue weighted by Gasteiger charge is -2.26. The Labute approximate surface area is 98.0 Å². The van der Waals surface area contributed by atoms with Crippen molar-refractivity contribution in [1.29, 1.82) is 0 Å². The third-order valence-corrected chi connectivity index (χ3v) is 5.10. The molecule has 0 saturated heterocycles. The van der Waals surface area contributed by atoms with Gasteiger partial charge in [0.1, 0.15) is 5.75 Å². The zero-order valence-electron chi connectivity index (χ0n) is 10.0. The predicted octanol–water partition coefficient (Wildman–Crippen LogP) is 2.96. The van der Waals surface area contributed by atoms with Crippen molar-refractivity contribution in [2.75, 3.05) is 14.2 Å². The van der Waals surface area contributed by atoms with Gasteiger partial charge in [0.15, 0.2) is 0 Å². The monoisotopic (exact) mass is 238 g/mol. The highest BCUT2D eigenvalue weighted by Crippen LogP contribution is 2.24. The van der Waals surface area contributed by atoms with Crippen LogP contribution >= 0.6 is 0 Å². The lowest BCUT2D eigenvalue weighted by molar-refractivity contribution is 0.162. The van der Waals surface area contributed by atoms with E-state index in [4.69, 9.17) is 13.3 Å². The van der Waals surface area contributed by atoms with E-state index < -0.39 is 8.80 Å². The number of benzene rings is 1. The third kappa shape index (κ3) is 2.72. The summed E-state index contributed by atoms with van der Waals surface area (Å²) in [5.41, 5.74) is 0.946. The molecule has 1 aromatic rings. The molecule has 0 atom stereocenters. The van der Waals surface area contributed by atoms with Gasteiger partial charge < -0.3 is 13.3 Å². The fourth-order valence-corrected chi connectivity index (χ4v) is 3.01. The molecular weight excluding hydrogens is 220 g/mol. The van der Waals surface area contributed by atoms with Crippen molar-refractivity contribution in [3.63, 3.8) is 0 Å². The van der Waals surface area contributed by atoms with Crippen LogP contribution in [0.15, 0.2) is 30.8 Å². The van der Waals surface area contributed by atoms with Gasteiger partial charge in [0, 0.05) is 25.8 Å². The molecule has 0 aliphatic heterocycles. The lowest BCUT2D eigenvalue weighted by Crippen LogP contribution is -2.46. The molecule has 0 aromatic heterocycles. The summed E-state index contributed by atoms with van der Waals surface area (Å²) in [6.07, 6.45) is 1.76. The topological polar surface area (TPSA) is 27.7 Å².